The molecule has 0 bridgehead atoms. The SMILES string of the molecule is CCCCN(P(c1ccccc1)c1ccccc1)P1[C@H](c2ccccc2)C=C[C@H]1c1ccccc1. The Balaban J connectivity index is 1.66. The molecule has 0 fully saturated rings. The van der Waals surface area contributed by atoms with Crippen molar-refractivity contribution in [2.45, 2.75) is 31.1 Å². The molecule has 0 spiro atoms. The van der Waals surface area contributed by atoms with Gasteiger partial charge in [0.15, 0.2) is 0 Å². The van der Waals surface area contributed by atoms with E-state index in [-0.39, 0.29) is 0 Å². The zero-order valence-corrected chi connectivity index (χ0v) is 22.1. The van der Waals surface area contributed by atoms with Crippen molar-refractivity contribution in [3.8, 4) is 0 Å². The molecule has 3 heteroatoms. The molecule has 176 valence electrons. The third-order valence-electron chi connectivity index (χ3n) is 6.54. The maximum atomic E-state index is 2.94. The topological polar surface area (TPSA) is 3.24 Å². The fraction of sp³-hybridized carbons (Fsp3) is 0.188. The summed E-state index contributed by atoms with van der Waals surface area (Å²) < 4.78 is 2.94. The summed E-state index contributed by atoms with van der Waals surface area (Å²) in [7, 11) is -1.18. The predicted octanol–water partition coefficient (Wildman–Crippen LogP) is 8.59. The molecule has 4 aromatic rings. The highest BCUT2D eigenvalue weighted by atomic mass is 31.2. The summed E-state index contributed by atoms with van der Waals surface area (Å²) in [5, 5.41) is 2.88. The molecule has 0 unspecified atom stereocenters. The lowest BCUT2D eigenvalue weighted by Crippen LogP contribution is -2.28. The predicted molar refractivity (Wildman–Crippen MR) is 155 cm³/mol. The summed E-state index contributed by atoms with van der Waals surface area (Å²) >= 11 is 0. The molecule has 2 atom stereocenters. The van der Waals surface area contributed by atoms with Gasteiger partial charge in [0, 0.05) is 25.9 Å². The maximum absolute atomic E-state index is 2.94. The highest BCUT2D eigenvalue weighted by Crippen LogP contribution is 2.73. The minimum Gasteiger partial charge on any atom is -0.251 e. The highest BCUT2D eigenvalue weighted by molar-refractivity contribution is 7.79. The molecule has 1 aliphatic heterocycles. The fourth-order valence-corrected chi connectivity index (χ4v) is 11.8. The van der Waals surface area contributed by atoms with Gasteiger partial charge in [-0.05, 0) is 36.2 Å². The molecule has 0 N–H and O–H groups in total. The first-order valence-corrected chi connectivity index (χ1v) is 15.3. The van der Waals surface area contributed by atoms with Crippen LogP contribution >= 0.6 is 16.1 Å². The average Bonchev–Trinajstić information content (AvgIpc) is 3.38. The van der Waals surface area contributed by atoms with E-state index in [1.165, 1.54) is 34.6 Å². The Kier molecular flexibility index (Phi) is 8.22. The molecule has 1 aliphatic rings. The summed E-state index contributed by atoms with van der Waals surface area (Å²) in [5.74, 6) is 0. The lowest BCUT2D eigenvalue weighted by atomic mass is 10.1. The molecule has 35 heavy (non-hydrogen) atoms. The van der Waals surface area contributed by atoms with Crippen LogP contribution in [-0.4, -0.2) is 11.0 Å². The van der Waals surface area contributed by atoms with Gasteiger partial charge in [0.1, 0.15) is 0 Å². The van der Waals surface area contributed by atoms with Crippen molar-refractivity contribution in [1.82, 2.24) is 4.44 Å². The van der Waals surface area contributed by atoms with Crippen LogP contribution in [0.25, 0.3) is 0 Å². The first-order valence-electron chi connectivity index (χ1n) is 12.6. The van der Waals surface area contributed by atoms with Crippen LogP contribution < -0.4 is 10.6 Å². The minimum atomic E-state index is -0.649. The van der Waals surface area contributed by atoms with E-state index >= 15 is 0 Å². The van der Waals surface area contributed by atoms with Crippen molar-refractivity contribution >= 4 is 26.8 Å². The number of allylic oxidation sites excluding steroid dienone is 2. The van der Waals surface area contributed by atoms with Crippen molar-refractivity contribution in [1.29, 1.82) is 0 Å². The second-order valence-electron chi connectivity index (χ2n) is 8.91. The van der Waals surface area contributed by atoms with Gasteiger partial charge in [0.2, 0.25) is 0 Å². The summed E-state index contributed by atoms with van der Waals surface area (Å²) in [5.41, 5.74) is 3.72. The van der Waals surface area contributed by atoms with E-state index in [1.54, 1.807) is 0 Å². The Bertz CT molecular complexity index is 1110. The number of nitrogens with zero attached hydrogens (tertiary/aromatic N) is 1. The van der Waals surface area contributed by atoms with Crippen LogP contribution in [0.2, 0.25) is 0 Å². The molecule has 0 amide bonds. The number of benzene rings is 4. The molecule has 0 aliphatic carbocycles. The molecule has 0 saturated carbocycles. The van der Waals surface area contributed by atoms with Crippen molar-refractivity contribution in [3.05, 3.63) is 145 Å². The van der Waals surface area contributed by atoms with Crippen LogP contribution in [-0.2, 0) is 0 Å². The smallest absolute Gasteiger partial charge is 0.0365 e. The Morgan fingerprint density at radius 2 is 1.00 bits per heavy atom. The molecular weight excluding hydrogens is 460 g/mol. The van der Waals surface area contributed by atoms with E-state index in [9.17, 15) is 0 Å². The van der Waals surface area contributed by atoms with Crippen molar-refractivity contribution in [3.63, 3.8) is 0 Å². The van der Waals surface area contributed by atoms with Gasteiger partial charge >= 0.3 is 0 Å². The Morgan fingerprint density at radius 1 is 0.600 bits per heavy atom. The second-order valence-corrected chi connectivity index (χ2v) is 13.7. The number of rotatable bonds is 9. The van der Waals surface area contributed by atoms with E-state index in [0.29, 0.717) is 11.3 Å². The van der Waals surface area contributed by atoms with Crippen molar-refractivity contribution in [2.75, 3.05) is 6.54 Å². The molecule has 1 heterocycles. The van der Waals surface area contributed by atoms with E-state index in [0.717, 1.165) is 6.54 Å². The first-order chi connectivity index (χ1) is 17.4. The molecule has 1 nitrogen and oxygen atoms in total. The summed E-state index contributed by atoms with van der Waals surface area (Å²) in [4.78, 5) is 0. The second kappa shape index (κ2) is 11.9. The number of hydrogen-bond donors (Lipinski definition) is 0. The maximum Gasteiger partial charge on any atom is 0.0365 e. The number of unbranched alkanes of at least 4 members (excludes halogenated alkanes) is 1. The quantitative estimate of drug-likeness (QED) is 0.167. The van der Waals surface area contributed by atoms with E-state index in [2.05, 4.69) is 145 Å². The number of hydrogen-bond acceptors (Lipinski definition) is 1. The lowest BCUT2D eigenvalue weighted by molar-refractivity contribution is 0.633. The van der Waals surface area contributed by atoms with E-state index in [1.807, 2.05) is 0 Å². The molecule has 5 rings (SSSR count). The highest BCUT2D eigenvalue weighted by Gasteiger charge is 2.41. The minimum absolute atomic E-state index is 0.422. The van der Waals surface area contributed by atoms with Crippen LogP contribution in [0.4, 0.5) is 0 Å². The molecule has 0 saturated heterocycles. The largest absolute Gasteiger partial charge is 0.251 e. The van der Waals surface area contributed by atoms with Gasteiger partial charge in [0.25, 0.3) is 0 Å². The summed E-state index contributed by atoms with van der Waals surface area (Å²) in [6, 6.07) is 44.8. The average molecular weight is 494 g/mol. The third-order valence-corrected chi connectivity index (χ3v) is 12.7. The van der Waals surface area contributed by atoms with Crippen LogP contribution in [0, 0.1) is 0 Å². The Hall–Kier alpha value is -2.56. The van der Waals surface area contributed by atoms with Gasteiger partial charge in [-0.2, -0.15) is 0 Å². The molecular formula is C32H33NP2. The Morgan fingerprint density at radius 3 is 1.40 bits per heavy atom. The molecule has 0 radical (unpaired) electrons. The standard InChI is InChI=1S/C32H33NP2/c1-2-3-26-33(34(29-20-12-6-13-21-29)30-22-14-7-15-23-30)35-31(27-16-8-4-9-17-27)24-25-32(35)28-18-10-5-11-19-28/h4-25,31-32H,2-3,26H2,1H3/t31-,32-/m0/s1. The van der Waals surface area contributed by atoms with Gasteiger partial charge in [-0.25, -0.2) is 0 Å². The zero-order chi connectivity index (χ0) is 23.9. The van der Waals surface area contributed by atoms with Crippen LogP contribution in [0.15, 0.2) is 133 Å². The third kappa shape index (κ3) is 5.49. The van der Waals surface area contributed by atoms with E-state index < -0.39 is 16.1 Å². The van der Waals surface area contributed by atoms with Gasteiger partial charge < -0.3 is 0 Å². The monoisotopic (exact) mass is 493 g/mol. The lowest BCUT2D eigenvalue weighted by Gasteiger charge is -2.42. The van der Waals surface area contributed by atoms with Gasteiger partial charge in [-0.15, -0.1) is 0 Å². The zero-order valence-electron chi connectivity index (χ0n) is 20.3. The van der Waals surface area contributed by atoms with E-state index in [4.69, 9.17) is 0 Å². The van der Waals surface area contributed by atoms with Gasteiger partial charge in [-0.1, -0.05) is 147 Å². The Labute approximate surface area is 213 Å². The normalized spacial score (nSPS) is 17.9. The summed E-state index contributed by atoms with van der Waals surface area (Å²) in [6.45, 7) is 3.43. The molecule has 0 aromatic heterocycles. The molecule has 4 aromatic carbocycles. The van der Waals surface area contributed by atoms with Crippen LogP contribution in [0.5, 0.6) is 0 Å². The fourth-order valence-electron chi connectivity index (χ4n) is 4.85. The van der Waals surface area contributed by atoms with Crippen molar-refractivity contribution < 1.29 is 0 Å². The van der Waals surface area contributed by atoms with Crippen LogP contribution in [0.1, 0.15) is 42.2 Å². The van der Waals surface area contributed by atoms with Crippen molar-refractivity contribution in [2.24, 2.45) is 0 Å². The summed E-state index contributed by atoms with van der Waals surface area (Å²) in [6.07, 6.45) is 7.41. The van der Waals surface area contributed by atoms with Gasteiger partial charge in [0.05, 0.1) is 0 Å². The van der Waals surface area contributed by atoms with Crippen LogP contribution in [0.3, 0.4) is 0 Å². The first kappa shape index (κ1) is 24.1. The van der Waals surface area contributed by atoms with Gasteiger partial charge in [-0.3, -0.25) is 4.44 Å².